The molecule has 0 radical (unpaired) electrons. The molecule has 23 heavy (non-hydrogen) atoms. The highest BCUT2D eigenvalue weighted by Crippen LogP contribution is 2.43. The summed E-state index contributed by atoms with van der Waals surface area (Å²) < 4.78 is 11.2. The van der Waals surface area contributed by atoms with Gasteiger partial charge >= 0.3 is 0 Å². The van der Waals surface area contributed by atoms with Crippen LogP contribution in [0.2, 0.25) is 0 Å². The maximum absolute atomic E-state index is 12.2. The van der Waals surface area contributed by atoms with E-state index in [0.29, 0.717) is 25.7 Å². The molecule has 2 fully saturated rings. The summed E-state index contributed by atoms with van der Waals surface area (Å²) in [5.74, 6) is 3.01. The van der Waals surface area contributed by atoms with Gasteiger partial charge in [0, 0.05) is 0 Å². The zero-order valence-corrected chi connectivity index (χ0v) is 13.3. The number of benzene rings is 1. The van der Waals surface area contributed by atoms with Gasteiger partial charge in [0.15, 0.2) is 11.5 Å². The second-order valence-corrected chi connectivity index (χ2v) is 6.86. The predicted octanol–water partition coefficient (Wildman–Crippen LogP) is 2.02. The van der Waals surface area contributed by atoms with Crippen molar-refractivity contribution in [3.05, 3.63) is 23.8 Å². The lowest BCUT2D eigenvalue weighted by Gasteiger charge is -2.23. The standard InChI is InChI=1S/C18H24N2O3/c21-17(11-19-10-12-1-2-12)20-18(13-3-4-13)14-5-6-15-16(9-14)23-8-7-22-15/h5-6,9,12-13,18-19H,1-4,7-8,10-11H2,(H,20,21). The fourth-order valence-corrected chi connectivity index (χ4v) is 3.09. The van der Waals surface area contributed by atoms with Gasteiger partial charge in [0.05, 0.1) is 12.6 Å². The predicted molar refractivity (Wildman–Crippen MR) is 86.6 cm³/mol. The van der Waals surface area contributed by atoms with Crippen molar-refractivity contribution in [1.82, 2.24) is 10.6 Å². The third kappa shape index (κ3) is 3.78. The molecule has 0 saturated heterocycles. The highest BCUT2D eigenvalue weighted by atomic mass is 16.6. The van der Waals surface area contributed by atoms with Crippen molar-refractivity contribution in [1.29, 1.82) is 0 Å². The van der Waals surface area contributed by atoms with E-state index in [1.807, 2.05) is 12.1 Å². The molecule has 3 aliphatic rings. The summed E-state index contributed by atoms with van der Waals surface area (Å²) in [4.78, 5) is 12.2. The number of hydrogen-bond acceptors (Lipinski definition) is 4. The second kappa shape index (κ2) is 6.40. The zero-order chi connectivity index (χ0) is 15.6. The summed E-state index contributed by atoms with van der Waals surface area (Å²) in [6.07, 6.45) is 4.96. The van der Waals surface area contributed by atoms with E-state index >= 15 is 0 Å². The molecule has 2 N–H and O–H groups in total. The lowest BCUT2D eigenvalue weighted by atomic mass is 10.0. The number of hydrogen-bond donors (Lipinski definition) is 2. The van der Waals surface area contributed by atoms with Crippen molar-refractivity contribution < 1.29 is 14.3 Å². The summed E-state index contributed by atoms with van der Waals surface area (Å²) in [7, 11) is 0. The Hall–Kier alpha value is -1.75. The van der Waals surface area contributed by atoms with Gasteiger partial charge in [-0.25, -0.2) is 0 Å². The van der Waals surface area contributed by atoms with E-state index in [9.17, 15) is 4.79 Å². The fraction of sp³-hybridized carbons (Fsp3) is 0.611. The van der Waals surface area contributed by atoms with Crippen LogP contribution in [0, 0.1) is 11.8 Å². The van der Waals surface area contributed by atoms with Gasteiger partial charge in [-0.15, -0.1) is 0 Å². The lowest BCUT2D eigenvalue weighted by molar-refractivity contribution is -0.121. The van der Waals surface area contributed by atoms with E-state index in [0.717, 1.165) is 29.5 Å². The van der Waals surface area contributed by atoms with E-state index in [1.165, 1.54) is 25.7 Å². The molecule has 5 nitrogen and oxygen atoms in total. The number of carbonyl (C=O) groups excluding carboxylic acids is 1. The molecular formula is C18H24N2O3. The first-order valence-electron chi connectivity index (χ1n) is 8.69. The van der Waals surface area contributed by atoms with Crippen molar-refractivity contribution in [3.8, 4) is 11.5 Å². The molecule has 0 spiro atoms. The Kier molecular flexibility index (Phi) is 4.12. The van der Waals surface area contributed by atoms with Crippen molar-refractivity contribution in [2.24, 2.45) is 11.8 Å². The molecule has 1 heterocycles. The SMILES string of the molecule is O=C(CNCC1CC1)NC(c1ccc2c(c1)OCCO2)C1CC1. The minimum Gasteiger partial charge on any atom is -0.486 e. The highest BCUT2D eigenvalue weighted by molar-refractivity contribution is 5.78. The number of fused-ring (bicyclic) bond motifs is 1. The molecule has 0 aromatic heterocycles. The van der Waals surface area contributed by atoms with Crippen molar-refractivity contribution in [2.45, 2.75) is 31.7 Å². The summed E-state index contributed by atoms with van der Waals surface area (Å²) in [5.41, 5.74) is 1.12. The van der Waals surface area contributed by atoms with E-state index in [1.54, 1.807) is 0 Å². The first-order valence-corrected chi connectivity index (χ1v) is 8.69. The number of nitrogens with one attached hydrogen (secondary N) is 2. The Labute approximate surface area is 136 Å². The third-order valence-electron chi connectivity index (χ3n) is 4.75. The molecule has 0 bridgehead atoms. The van der Waals surface area contributed by atoms with Gasteiger partial charge in [-0.2, -0.15) is 0 Å². The van der Waals surface area contributed by atoms with Crippen molar-refractivity contribution >= 4 is 5.91 Å². The van der Waals surface area contributed by atoms with Gasteiger partial charge < -0.3 is 20.1 Å². The topological polar surface area (TPSA) is 59.6 Å². The van der Waals surface area contributed by atoms with Crippen LogP contribution in [0.4, 0.5) is 0 Å². The zero-order valence-electron chi connectivity index (χ0n) is 13.3. The van der Waals surface area contributed by atoms with Crippen LogP contribution in [0.1, 0.15) is 37.3 Å². The average molecular weight is 316 g/mol. The molecule has 1 unspecified atom stereocenters. The van der Waals surface area contributed by atoms with Gasteiger partial charge in [0.1, 0.15) is 13.2 Å². The second-order valence-electron chi connectivity index (χ2n) is 6.86. The minimum absolute atomic E-state index is 0.0810. The summed E-state index contributed by atoms with van der Waals surface area (Å²) in [6.45, 7) is 2.56. The van der Waals surface area contributed by atoms with E-state index in [2.05, 4.69) is 16.7 Å². The van der Waals surface area contributed by atoms with Crippen molar-refractivity contribution in [2.75, 3.05) is 26.3 Å². The largest absolute Gasteiger partial charge is 0.486 e. The first kappa shape index (κ1) is 14.8. The number of amides is 1. The van der Waals surface area contributed by atoms with E-state index in [-0.39, 0.29) is 11.9 Å². The Morgan fingerprint density at radius 1 is 1.13 bits per heavy atom. The summed E-state index contributed by atoms with van der Waals surface area (Å²) >= 11 is 0. The van der Waals surface area contributed by atoms with Crippen LogP contribution in [-0.4, -0.2) is 32.2 Å². The average Bonchev–Trinajstić information content (AvgIpc) is 3.46. The molecule has 4 rings (SSSR count). The molecule has 2 saturated carbocycles. The molecule has 1 atom stereocenters. The third-order valence-corrected chi connectivity index (χ3v) is 4.75. The Morgan fingerprint density at radius 2 is 1.91 bits per heavy atom. The molecule has 2 aliphatic carbocycles. The molecule has 124 valence electrons. The van der Waals surface area contributed by atoms with Crippen LogP contribution < -0.4 is 20.1 Å². The van der Waals surface area contributed by atoms with E-state index in [4.69, 9.17) is 9.47 Å². The smallest absolute Gasteiger partial charge is 0.234 e. The molecule has 5 heteroatoms. The van der Waals surface area contributed by atoms with Crippen LogP contribution in [0.3, 0.4) is 0 Å². The summed E-state index contributed by atoms with van der Waals surface area (Å²) in [6, 6.07) is 6.11. The van der Waals surface area contributed by atoms with Crippen molar-refractivity contribution in [3.63, 3.8) is 0 Å². The normalized spacial score (nSPS) is 20.9. The Balaban J connectivity index is 1.39. The Bertz CT molecular complexity index is 582. The monoisotopic (exact) mass is 316 g/mol. The maximum atomic E-state index is 12.2. The van der Waals surface area contributed by atoms with Crippen LogP contribution >= 0.6 is 0 Å². The minimum atomic E-state index is 0.0810. The van der Waals surface area contributed by atoms with Gasteiger partial charge in [-0.05, 0) is 61.8 Å². The highest BCUT2D eigenvalue weighted by Gasteiger charge is 2.34. The van der Waals surface area contributed by atoms with Crippen LogP contribution in [-0.2, 0) is 4.79 Å². The Morgan fingerprint density at radius 3 is 2.65 bits per heavy atom. The van der Waals surface area contributed by atoms with Crippen LogP contribution in [0.15, 0.2) is 18.2 Å². The number of carbonyl (C=O) groups is 1. The van der Waals surface area contributed by atoms with Crippen LogP contribution in [0.25, 0.3) is 0 Å². The van der Waals surface area contributed by atoms with Gasteiger partial charge in [0.25, 0.3) is 0 Å². The molecule has 1 aliphatic heterocycles. The lowest BCUT2D eigenvalue weighted by Crippen LogP contribution is -2.37. The molecule has 1 amide bonds. The number of ether oxygens (including phenoxy) is 2. The number of rotatable bonds is 7. The van der Waals surface area contributed by atoms with Gasteiger partial charge in [-0.3, -0.25) is 4.79 Å². The van der Waals surface area contributed by atoms with Gasteiger partial charge in [-0.1, -0.05) is 6.07 Å². The van der Waals surface area contributed by atoms with E-state index < -0.39 is 0 Å². The maximum Gasteiger partial charge on any atom is 0.234 e. The molecule has 1 aromatic rings. The molecular weight excluding hydrogens is 292 g/mol. The molecule has 1 aromatic carbocycles. The van der Waals surface area contributed by atoms with Gasteiger partial charge in [0.2, 0.25) is 5.91 Å². The first-order chi connectivity index (χ1) is 11.3. The van der Waals surface area contributed by atoms with Crippen LogP contribution in [0.5, 0.6) is 11.5 Å². The summed E-state index contributed by atoms with van der Waals surface area (Å²) in [5, 5.41) is 6.45. The fourth-order valence-electron chi connectivity index (χ4n) is 3.09. The quantitative estimate of drug-likeness (QED) is 0.808.